The van der Waals surface area contributed by atoms with E-state index in [4.69, 9.17) is 0 Å². The molecule has 0 aliphatic carbocycles. The van der Waals surface area contributed by atoms with Crippen LogP contribution in [0.4, 0.5) is 11.4 Å². The number of hydrogen-bond donors (Lipinski definition) is 1. The summed E-state index contributed by atoms with van der Waals surface area (Å²) in [7, 11) is 0. The van der Waals surface area contributed by atoms with Gasteiger partial charge in [0, 0.05) is 24.7 Å². The summed E-state index contributed by atoms with van der Waals surface area (Å²) in [5, 5.41) is 12.9. The van der Waals surface area contributed by atoms with Crippen LogP contribution in [0.2, 0.25) is 0 Å². The van der Waals surface area contributed by atoms with Crippen molar-refractivity contribution in [2.24, 2.45) is 0 Å². The van der Waals surface area contributed by atoms with Crippen molar-refractivity contribution in [3.63, 3.8) is 0 Å². The van der Waals surface area contributed by atoms with E-state index in [0.717, 1.165) is 44.7 Å². The topological polar surface area (TPSA) is 71.0 Å². The molecule has 6 nitrogen and oxygen atoms in total. The summed E-state index contributed by atoms with van der Waals surface area (Å²) in [5.41, 5.74) is 2.89. The first kappa shape index (κ1) is 17.2. The van der Waals surface area contributed by atoms with Crippen molar-refractivity contribution in [2.45, 2.75) is 24.1 Å². The van der Waals surface area contributed by atoms with Crippen molar-refractivity contribution < 1.29 is 4.79 Å². The van der Waals surface area contributed by atoms with Gasteiger partial charge in [0.2, 0.25) is 5.91 Å². The van der Waals surface area contributed by atoms with Gasteiger partial charge in [-0.1, -0.05) is 23.1 Å². The average molecular weight is 386 g/mol. The van der Waals surface area contributed by atoms with E-state index in [1.807, 2.05) is 25.1 Å². The zero-order chi connectivity index (χ0) is 17.9. The molecule has 134 valence electrons. The quantitative estimate of drug-likeness (QED) is 0.675. The average Bonchev–Trinajstić information content (AvgIpc) is 3.32. The maximum Gasteiger partial charge on any atom is 0.234 e. The molecule has 1 fully saturated rings. The number of amides is 1. The first-order valence-corrected chi connectivity index (χ1v) is 10.4. The molecule has 0 saturated carbocycles. The van der Waals surface area contributed by atoms with Crippen LogP contribution in [0.5, 0.6) is 0 Å². The van der Waals surface area contributed by atoms with Gasteiger partial charge >= 0.3 is 0 Å². The summed E-state index contributed by atoms with van der Waals surface area (Å²) in [4.78, 5) is 19.3. The molecule has 3 heterocycles. The monoisotopic (exact) mass is 385 g/mol. The first-order valence-electron chi connectivity index (χ1n) is 8.56. The molecule has 1 amide bonds. The van der Waals surface area contributed by atoms with Crippen LogP contribution < -0.4 is 10.2 Å². The second kappa shape index (κ2) is 7.59. The molecule has 1 saturated heterocycles. The van der Waals surface area contributed by atoms with Crippen molar-refractivity contribution in [3.8, 4) is 0 Å². The fourth-order valence-electron chi connectivity index (χ4n) is 3.13. The Morgan fingerprint density at radius 2 is 2.12 bits per heavy atom. The van der Waals surface area contributed by atoms with E-state index in [-0.39, 0.29) is 5.91 Å². The van der Waals surface area contributed by atoms with Crippen LogP contribution in [0.3, 0.4) is 0 Å². The Kier molecular flexibility index (Phi) is 5.03. The van der Waals surface area contributed by atoms with Crippen molar-refractivity contribution in [3.05, 3.63) is 35.5 Å². The number of hydrogen-bond acceptors (Lipinski definition) is 7. The van der Waals surface area contributed by atoms with Gasteiger partial charge in [-0.15, -0.1) is 10.2 Å². The number of aryl methyl sites for hydroxylation is 1. The van der Waals surface area contributed by atoms with E-state index < -0.39 is 0 Å². The van der Waals surface area contributed by atoms with Gasteiger partial charge < -0.3 is 10.2 Å². The molecule has 2 aromatic heterocycles. The second-order valence-electron chi connectivity index (χ2n) is 6.15. The highest BCUT2D eigenvalue weighted by Crippen LogP contribution is 2.32. The number of fused-ring (bicyclic) bond motifs is 1. The summed E-state index contributed by atoms with van der Waals surface area (Å²) in [6.45, 7) is 4.04. The molecule has 0 bridgehead atoms. The lowest BCUT2D eigenvalue weighted by Gasteiger charge is -2.20. The Morgan fingerprint density at radius 1 is 1.27 bits per heavy atom. The lowest BCUT2D eigenvalue weighted by atomic mass is 10.1. The molecule has 8 heteroatoms. The standard InChI is InChI=1S/C18H19N5OS2/c1-12-21-22-18(26-12)25-11-16(24)20-14-6-7-15(23-9-2-3-10-23)17-13(14)5-4-8-19-17/h4-8H,2-3,9-11H2,1H3,(H,20,24). The molecule has 4 rings (SSSR count). The normalized spacial score (nSPS) is 14.1. The highest BCUT2D eigenvalue weighted by Gasteiger charge is 2.17. The summed E-state index contributed by atoms with van der Waals surface area (Å²) in [6, 6.07) is 7.97. The van der Waals surface area contributed by atoms with Gasteiger partial charge in [-0.25, -0.2) is 0 Å². The first-order chi connectivity index (χ1) is 12.7. The SMILES string of the molecule is Cc1nnc(SCC(=O)Nc2ccc(N3CCCC3)c3ncccc23)s1. The largest absolute Gasteiger partial charge is 0.370 e. The van der Waals surface area contributed by atoms with Gasteiger partial charge in [-0.3, -0.25) is 9.78 Å². The number of aromatic nitrogens is 3. The molecular formula is C18H19N5OS2. The number of benzene rings is 1. The molecule has 0 radical (unpaired) electrons. The molecule has 1 aromatic carbocycles. The Balaban J connectivity index is 1.53. The van der Waals surface area contributed by atoms with Crippen molar-refractivity contribution in [1.29, 1.82) is 0 Å². The van der Waals surface area contributed by atoms with Gasteiger partial charge in [-0.05, 0) is 44.0 Å². The third-order valence-corrected chi connectivity index (χ3v) is 6.28. The molecule has 26 heavy (non-hydrogen) atoms. The fraction of sp³-hybridized carbons (Fsp3) is 0.333. The maximum atomic E-state index is 12.4. The number of thioether (sulfide) groups is 1. The summed E-state index contributed by atoms with van der Waals surface area (Å²) in [6.07, 6.45) is 4.24. The van der Waals surface area contributed by atoms with E-state index in [2.05, 4.69) is 31.5 Å². The van der Waals surface area contributed by atoms with Crippen LogP contribution in [0, 0.1) is 6.92 Å². The molecule has 0 unspecified atom stereocenters. The minimum absolute atomic E-state index is 0.0538. The van der Waals surface area contributed by atoms with Crippen LogP contribution in [-0.4, -0.2) is 39.9 Å². The molecule has 3 aromatic rings. The smallest absolute Gasteiger partial charge is 0.234 e. The minimum atomic E-state index is -0.0538. The molecule has 0 atom stereocenters. The second-order valence-corrected chi connectivity index (χ2v) is 8.55. The Hall–Kier alpha value is -2.19. The predicted octanol–water partition coefficient (Wildman–Crippen LogP) is 3.73. The summed E-state index contributed by atoms with van der Waals surface area (Å²) < 4.78 is 0.813. The number of anilines is 2. The molecule has 1 aliphatic rings. The van der Waals surface area contributed by atoms with Gasteiger partial charge in [0.15, 0.2) is 4.34 Å². The zero-order valence-electron chi connectivity index (χ0n) is 14.4. The van der Waals surface area contributed by atoms with Gasteiger partial charge in [0.05, 0.1) is 22.6 Å². The number of carbonyl (C=O) groups is 1. The Bertz CT molecular complexity index is 936. The number of pyridine rings is 1. The van der Waals surface area contributed by atoms with Gasteiger partial charge in [0.1, 0.15) is 5.01 Å². The van der Waals surface area contributed by atoms with E-state index in [1.54, 1.807) is 6.20 Å². The highest BCUT2D eigenvalue weighted by atomic mass is 32.2. The lowest BCUT2D eigenvalue weighted by molar-refractivity contribution is -0.113. The molecule has 1 aliphatic heterocycles. The van der Waals surface area contributed by atoms with Crippen molar-refractivity contribution in [2.75, 3.05) is 29.1 Å². The number of nitrogens with zero attached hydrogens (tertiary/aromatic N) is 4. The van der Waals surface area contributed by atoms with E-state index in [9.17, 15) is 4.79 Å². The van der Waals surface area contributed by atoms with Crippen LogP contribution in [-0.2, 0) is 4.79 Å². The van der Waals surface area contributed by atoms with Crippen LogP contribution in [0.25, 0.3) is 10.9 Å². The summed E-state index contributed by atoms with van der Waals surface area (Å²) >= 11 is 2.91. The molecular weight excluding hydrogens is 366 g/mol. The Morgan fingerprint density at radius 3 is 2.88 bits per heavy atom. The fourth-order valence-corrected chi connectivity index (χ4v) is 4.75. The van der Waals surface area contributed by atoms with Crippen molar-refractivity contribution >= 4 is 51.3 Å². The number of rotatable bonds is 5. The van der Waals surface area contributed by atoms with Crippen LogP contribution in [0.15, 0.2) is 34.8 Å². The van der Waals surface area contributed by atoms with E-state index in [1.165, 1.54) is 35.9 Å². The summed E-state index contributed by atoms with van der Waals surface area (Å²) in [5.74, 6) is 0.256. The van der Waals surface area contributed by atoms with E-state index in [0.29, 0.717) is 5.75 Å². The Labute approximate surface area is 160 Å². The predicted molar refractivity (Wildman–Crippen MR) is 107 cm³/mol. The minimum Gasteiger partial charge on any atom is -0.370 e. The van der Waals surface area contributed by atoms with Crippen LogP contribution >= 0.6 is 23.1 Å². The zero-order valence-corrected chi connectivity index (χ0v) is 16.1. The van der Waals surface area contributed by atoms with Gasteiger partial charge in [-0.2, -0.15) is 0 Å². The van der Waals surface area contributed by atoms with E-state index >= 15 is 0 Å². The van der Waals surface area contributed by atoms with Crippen LogP contribution in [0.1, 0.15) is 17.8 Å². The number of carbonyl (C=O) groups excluding carboxylic acids is 1. The third-order valence-electron chi connectivity index (χ3n) is 4.30. The van der Waals surface area contributed by atoms with Gasteiger partial charge in [0.25, 0.3) is 0 Å². The number of nitrogens with one attached hydrogen (secondary N) is 1. The van der Waals surface area contributed by atoms with Crippen molar-refractivity contribution in [1.82, 2.24) is 15.2 Å². The third kappa shape index (κ3) is 3.66. The molecule has 1 N–H and O–H groups in total. The highest BCUT2D eigenvalue weighted by molar-refractivity contribution is 8.01. The maximum absolute atomic E-state index is 12.4. The molecule has 0 spiro atoms. The lowest BCUT2D eigenvalue weighted by Crippen LogP contribution is -2.19.